The van der Waals surface area contributed by atoms with Gasteiger partial charge < -0.3 is 5.32 Å². The van der Waals surface area contributed by atoms with Gasteiger partial charge in [0.25, 0.3) is 0 Å². The molecule has 3 heteroatoms. The van der Waals surface area contributed by atoms with Crippen LogP contribution in [0.1, 0.15) is 45.1 Å². The second-order valence-electron chi connectivity index (χ2n) is 6.80. The Bertz CT molecular complexity index is 430. The lowest BCUT2D eigenvalue weighted by Gasteiger charge is -2.35. The quantitative estimate of drug-likeness (QED) is 0.840. The van der Waals surface area contributed by atoms with Gasteiger partial charge in [-0.2, -0.15) is 0 Å². The van der Waals surface area contributed by atoms with Crippen molar-refractivity contribution in [3.63, 3.8) is 0 Å². The highest BCUT2D eigenvalue weighted by Crippen LogP contribution is 2.35. The van der Waals surface area contributed by atoms with E-state index in [0.717, 1.165) is 23.5 Å². The summed E-state index contributed by atoms with van der Waals surface area (Å²) in [6, 6.07) is 4.14. The largest absolute Gasteiger partial charge is 0.316 e. The van der Waals surface area contributed by atoms with Crippen molar-refractivity contribution >= 4 is 0 Å². The fraction of sp³-hybridized carbons (Fsp3) is 0.667. The summed E-state index contributed by atoms with van der Waals surface area (Å²) in [7, 11) is 1.95. The number of hydrogen-bond donors (Lipinski definition) is 1. The van der Waals surface area contributed by atoms with Crippen molar-refractivity contribution in [3.05, 3.63) is 35.4 Å². The Morgan fingerprint density at radius 3 is 2.00 bits per heavy atom. The Kier molecular flexibility index (Phi) is 5.74. The molecule has 1 atom stereocenters. The van der Waals surface area contributed by atoms with Crippen LogP contribution in [0.3, 0.4) is 0 Å². The molecule has 1 aliphatic carbocycles. The topological polar surface area (TPSA) is 12.0 Å². The van der Waals surface area contributed by atoms with E-state index >= 15 is 0 Å². The van der Waals surface area contributed by atoms with E-state index in [-0.39, 0.29) is 0 Å². The molecule has 0 aliphatic heterocycles. The van der Waals surface area contributed by atoms with E-state index < -0.39 is 11.6 Å². The lowest BCUT2D eigenvalue weighted by Crippen LogP contribution is -2.38. The fourth-order valence-corrected chi connectivity index (χ4v) is 3.70. The third kappa shape index (κ3) is 4.50. The lowest BCUT2D eigenvalue weighted by molar-refractivity contribution is 0.191. The van der Waals surface area contributed by atoms with Crippen LogP contribution in [-0.4, -0.2) is 13.1 Å². The minimum Gasteiger partial charge on any atom is -0.316 e. The van der Waals surface area contributed by atoms with E-state index in [0.29, 0.717) is 18.4 Å². The first-order chi connectivity index (χ1) is 9.99. The van der Waals surface area contributed by atoms with E-state index in [2.05, 4.69) is 19.2 Å². The van der Waals surface area contributed by atoms with Gasteiger partial charge in [-0.25, -0.2) is 8.78 Å². The second kappa shape index (κ2) is 7.35. The van der Waals surface area contributed by atoms with Gasteiger partial charge >= 0.3 is 0 Å². The monoisotopic (exact) mass is 295 g/mol. The molecule has 0 saturated heterocycles. The Labute approximate surface area is 127 Å². The number of halogens is 2. The van der Waals surface area contributed by atoms with Crippen molar-refractivity contribution in [3.8, 4) is 0 Å². The van der Waals surface area contributed by atoms with Crippen molar-refractivity contribution in [2.45, 2.75) is 52.0 Å². The molecule has 21 heavy (non-hydrogen) atoms. The molecular formula is C18H27F2N. The Morgan fingerprint density at radius 2 is 1.52 bits per heavy atom. The van der Waals surface area contributed by atoms with Gasteiger partial charge in [-0.05, 0) is 74.6 Å². The first-order valence-corrected chi connectivity index (χ1v) is 8.11. The third-order valence-electron chi connectivity index (χ3n) is 5.08. The van der Waals surface area contributed by atoms with E-state index in [4.69, 9.17) is 0 Å². The summed E-state index contributed by atoms with van der Waals surface area (Å²) in [5.41, 5.74) is 0.748. The molecule has 1 N–H and O–H groups in total. The molecule has 2 rings (SSSR count). The molecule has 1 aliphatic rings. The van der Waals surface area contributed by atoms with Gasteiger partial charge in [0.05, 0.1) is 0 Å². The van der Waals surface area contributed by atoms with Crippen molar-refractivity contribution in [1.29, 1.82) is 0 Å². The number of rotatable bonds is 5. The van der Waals surface area contributed by atoms with Crippen molar-refractivity contribution < 1.29 is 8.78 Å². The zero-order valence-electron chi connectivity index (χ0n) is 13.3. The Morgan fingerprint density at radius 1 is 1.00 bits per heavy atom. The lowest BCUT2D eigenvalue weighted by atomic mass is 9.73. The van der Waals surface area contributed by atoms with Gasteiger partial charge in [-0.15, -0.1) is 0 Å². The van der Waals surface area contributed by atoms with E-state index in [1.54, 1.807) is 0 Å². The van der Waals surface area contributed by atoms with Crippen LogP contribution in [0, 0.1) is 29.4 Å². The Balaban J connectivity index is 1.97. The van der Waals surface area contributed by atoms with Crippen LogP contribution < -0.4 is 5.32 Å². The number of hydrogen-bond acceptors (Lipinski definition) is 1. The maximum absolute atomic E-state index is 13.3. The average Bonchev–Trinajstić information content (AvgIpc) is 2.44. The zero-order chi connectivity index (χ0) is 15.4. The van der Waals surface area contributed by atoms with Gasteiger partial charge in [-0.1, -0.05) is 13.8 Å². The third-order valence-corrected chi connectivity index (χ3v) is 5.08. The molecule has 0 bridgehead atoms. The van der Waals surface area contributed by atoms with Crippen LogP contribution in [0.5, 0.6) is 0 Å². The maximum Gasteiger partial charge on any atom is 0.126 e. The predicted molar refractivity (Wildman–Crippen MR) is 83.2 cm³/mol. The van der Waals surface area contributed by atoms with Crippen molar-refractivity contribution in [2.24, 2.45) is 17.8 Å². The van der Waals surface area contributed by atoms with Crippen molar-refractivity contribution in [2.75, 3.05) is 7.05 Å². The van der Waals surface area contributed by atoms with Gasteiger partial charge in [0.2, 0.25) is 0 Å². The molecule has 0 spiro atoms. The predicted octanol–water partition coefficient (Wildman–Crippen LogP) is 4.56. The van der Waals surface area contributed by atoms with Gasteiger partial charge in [0.1, 0.15) is 11.6 Å². The molecule has 0 radical (unpaired) electrons. The summed E-state index contributed by atoms with van der Waals surface area (Å²) in [6.45, 7) is 4.60. The second-order valence-corrected chi connectivity index (χ2v) is 6.80. The standard InChI is InChI=1S/C18H27F2N/c1-12(2)14-4-6-15(7-5-14)18(21-3)10-13-8-16(19)11-17(20)9-13/h8-9,11-12,14-15,18,21H,4-7,10H2,1-3H3. The molecular weight excluding hydrogens is 268 g/mol. The molecule has 1 aromatic rings. The van der Waals surface area contributed by atoms with Crippen LogP contribution >= 0.6 is 0 Å². The summed E-state index contributed by atoms with van der Waals surface area (Å²) in [4.78, 5) is 0. The summed E-state index contributed by atoms with van der Waals surface area (Å²) in [5.74, 6) is 1.24. The maximum atomic E-state index is 13.3. The first-order valence-electron chi connectivity index (χ1n) is 8.11. The molecule has 1 fully saturated rings. The molecule has 1 saturated carbocycles. The average molecular weight is 295 g/mol. The van der Waals surface area contributed by atoms with E-state index in [1.165, 1.54) is 37.8 Å². The highest BCUT2D eigenvalue weighted by Gasteiger charge is 2.28. The van der Waals surface area contributed by atoms with E-state index in [9.17, 15) is 8.78 Å². The minimum absolute atomic E-state index is 0.305. The highest BCUT2D eigenvalue weighted by atomic mass is 19.1. The zero-order valence-corrected chi connectivity index (χ0v) is 13.3. The van der Waals surface area contributed by atoms with Crippen LogP contribution in [0.2, 0.25) is 0 Å². The Hall–Kier alpha value is -0.960. The number of nitrogens with one attached hydrogen (secondary N) is 1. The first kappa shape index (κ1) is 16.4. The molecule has 0 aromatic heterocycles. The molecule has 1 aromatic carbocycles. The molecule has 1 nitrogen and oxygen atoms in total. The molecule has 0 heterocycles. The summed E-state index contributed by atoms with van der Waals surface area (Å²) < 4.78 is 26.6. The normalized spacial score (nSPS) is 24.3. The van der Waals surface area contributed by atoms with Gasteiger partial charge in [0.15, 0.2) is 0 Å². The molecule has 1 unspecified atom stereocenters. The van der Waals surface area contributed by atoms with Crippen LogP contribution in [-0.2, 0) is 6.42 Å². The summed E-state index contributed by atoms with van der Waals surface area (Å²) in [6.07, 6.45) is 5.68. The highest BCUT2D eigenvalue weighted by molar-refractivity contribution is 5.19. The van der Waals surface area contributed by atoms with Crippen LogP contribution in [0.15, 0.2) is 18.2 Å². The SMILES string of the molecule is CNC(Cc1cc(F)cc(F)c1)C1CCC(C(C)C)CC1. The van der Waals surface area contributed by atoms with Crippen LogP contribution in [0.4, 0.5) is 8.78 Å². The van der Waals surface area contributed by atoms with E-state index in [1.807, 2.05) is 7.05 Å². The minimum atomic E-state index is -0.483. The number of likely N-dealkylation sites (N-methyl/N-ethyl adjacent to an activating group) is 1. The van der Waals surface area contributed by atoms with Gasteiger partial charge in [-0.3, -0.25) is 0 Å². The number of benzene rings is 1. The molecule has 118 valence electrons. The fourth-order valence-electron chi connectivity index (χ4n) is 3.70. The van der Waals surface area contributed by atoms with Crippen LogP contribution in [0.25, 0.3) is 0 Å². The smallest absolute Gasteiger partial charge is 0.126 e. The van der Waals surface area contributed by atoms with Crippen molar-refractivity contribution in [1.82, 2.24) is 5.32 Å². The van der Waals surface area contributed by atoms with Gasteiger partial charge in [0, 0.05) is 12.1 Å². The molecule has 0 amide bonds. The summed E-state index contributed by atoms with van der Waals surface area (Å²) in [5, 5.41) is 3.36. The summed E-state index contributed by atoms with van der Waals surface area (Å²) >= 11 is 0.